The van der Waals surface area contributed by atoms with Crippen LogP contribution in [0.5, 0.6) is 0 Å². The molecule has 0 aromatic heterocycles. The molecule has 0 bridgehead atoms. The predicted octanol–water partition coefficient (Wildman–Crippen LogP) is 3.59. The molecule has 1 fully saturated rings. The minimum atomic E-state index is -2.70. The maximum absolute atomic E-state index is 13.4. The Bertz CT molecular complexity index is 551. The van der Waals surface area contributed by atoms with Crippen LogP contribution in [0.4, 0.5) is 22.0 Å². The molecular weight excluding hydrogens is 305 g/mol. The molecule has 1 aliphatic carbocycles. The number of carbonyl (C=O) groups is 1. The molecule has 22 heavy (non-hydrogen) atoms. The quantitative estimate of drug-likeness (QED) is 0.666. The van der Waals surface area contributed by atoms with Gasteiger partial charge in [0.15, 0.2) is 17.5 Å². The van der Waals surface area contributed by atoms with Crippen LogP contribution >= 0.6 is 0 Å². The van der Waals surface area contributed by atoms with Crippen LogP contribution in [-0.4, -0.2) is 18.4 Å². The van der Waals surface area contributed by atoms with Gasteiger partial charge in [0, 0.05) is 25.3 Å². The lowest BCUT2D eigenvalue weighted by molar-refractivity contribution is -0.129. The fourth-order valence-electron chi connectivity index (χ4n) is 2.53. The zero-order valence-corrected chi connectivity index (χ0v) is 11.8. The molecule has 122 valence electrons. The molecule has 1 aromatic rings. The van der Waals surface area contributed by atoms with Gasteiger partial charge in [-0.05, 0) is 30.9 Å². The summed E-state index contributed by atoms with van der Waals surface area (Å²) < 4.78 is 65.2. The van der Waals surface area contributed by atoms with Gasteiger partial charge in [-0.2, -0.15) is 0 Å². The van der Waals surface area contributed by atoms with E-state index in [4.69, 9.17) is 0 Å². The molecule has 1 aromatic carbocycles. The fraction of sp³-hybridized carbons (Fsp3) is 0.533. The lowest BCUT2D eigenvalue weighted by Crippen LogP contribution is -2.36. The highest BCUT2D eigenvalue weighted by Crippen LogP contribution is 2.36. The number of rotatable bonds is 4. The maximum atomic E-state index is 13.4. The molecule has 0 saturated heterocycles. The first-order chi connectivity index (χ1) is 10.3. The highest BCUT2D eigenvalue weighted by atomic mass is 19.3. The molecule has 2 rings (SSSR count). The second-order valence-electron chi connectivity index (χ2n) is 5.51. The number of amides is 1. The predicted molar refractivity (Wildman–Crippen MR) is 69.9 cm³/mol. The van der Waals surface area contributed by atoms with Crippen molar-refractivity contribution in [1.82, 2.24) is 5.32 Å². The standard InChI is InChI=1S/C15H16F5NO/c16-11-2-1-9(12(17)13(11)18)5-8-21-14(22)10-3-6-15(19,20)7-4-10/h1-2,10H,3-8H2,(H,21,22). The van der Waals surface area contributed by atoms with Gasteiger partial charge in [-0.15, -0.1) is 0 Å². The summed E-state index contributed by atoms with van der Waals surface area (Å²) in [5, 5.41) is 2.52. The Kier molecular flexibility index (Phi) is 5.03. The molecule has 1 N–H and O–H groups in total. The normalized spacial score (nSPS) is 18.2. The van der Waals surface area contributed by atoms with Crippen LogP contribution in [0, 0.1) is 23.4 Å². The molecule has 7 heteroatoms. The van der Waals surface area contributed by atoms with E-state index in [1.54, 1.807) is 0 Å². The van der Waals surface area contributed by atoms with Crippen molar-refractivity contribution in [2.75, 3.05) is 6.54 Å². The van der Waals surface area contributed by atoms with E-state index >= 15 is 0 Å². The second-order valence-corrected chi connectivity index (χ2v) is 5.51. The van der Waals surface area contributed by atoms with Crippen molar-refractivity contribution in [2.45, 2.75) is 38.0 Å². The highest BCUT2D eigenvalue weighted by Gasteiger charge is 2.37. The van der Waals surface area contributed by atoms with E-state index in [0.717, 1.165) is 12.1 Å². The smallest absolute Gasteiger partial charge is 0.248 e. The molecule has 0 aliphatic heterocycles. The topological polar surface area (TPSA) is 29.1 Å². The summed E-state index contributed by atoms with van der Waals surface area (Å²) in [5.41, 5.74) is -0.0469. The average Bonchev–Trinajstić information content (AvgIpc) is 2.47. The van der Waals surface area contributed by atoms with E-state index in [1.807, 2.05) is 0 Å². The molecule has 0 spiro atoms. The van der Waals surface area contributed by atoms with Crippen LogP contribution in [-0.2, 0) is 11.2 Å². The van der Waals surface area contributed by atoms with Gasteiger partial charge in [-0.25, -0.2) is 22.0 Å². The van der Waals surface area contributed by atoms with Gasteiger partial charge in [0.25, 0.3) is 0 Å². The summed E-state index contributed by atoms with van der Waals surface area (Å²) in [4.78, 5) is 11.8. The molecule has 2 nitrogen and oxygen atoms in total. The van der Waals surface area contributed by atoms with Crippen molar-refractivity contribution in [1.29, 1.82) is 0 Å². The molecular formula is C15H16F5NO. The first-order valence-electron chi connectivity index (χ1n) is 7.08. The summed E-state index contributed by atoms with van der Waals surface area (Å²) in [5.74, 6) is -7.63. The van der Waals surface area contributed by atoms with Crippen molar-refractivity contribution in [2.24, 2.45) is 5.92 Å². The number of hydrogen-bond acceptors (Lipinski definition) is 1. The van der Waals surface area contributed by atoms with Gasteiger partial charge < -0.3 is 5.32 Å². The molecule has 1 aliphatic rings. The van der Waals surface area contributed by atoms with E-state index in [9.17, 15) is 26.7 Å². The van der Waals surface area contributed by atoms with Crippen LogP contribution in [0.1, 0.15) is 31.2 Å². The van der Waals surface area contributed by atoms with Crippen molar-refractivity contribution in [3.63, 3.8) is 0 Å². The Morgan fingerprint density at radius 3 is 2.41 bits per heavy atom. The third kappa shape index (κ3) is 3.96. The summed E-state index contributed by atoms with van der Waals surface area (Å²) in [6, 6.07) is 1.93. The Morgan fingerprint density at radius 2 is 1.77 bits per heavy atom. The van der Waals surface area contributed by atoms with Crippen molar-refractivity contribution < 1.29 is 26.7 Å². The van der Waals surface area contributed by atoms with Gasteiger partial charge in [0.2, 0.25) is 11.8 Å². The van der Waals surface area contributed by atoms with E-state index < -0.39 is 29.3 Å². The second kappa shape index (κ2) is 6.62. The summed E-state index contributed by atoms with van der Waals surface area (Å²) in [7, 11) is 0. The number of benzene rings is 1. The summed E-state index contributed by atoms with van der Waals surface area (Å²) >= 11 is 0. The van der Waals surface area contributed by atoms with Crippen molar-refractivity contribution in [3.05, 3.63) is 35.1 Å². The van der Waals surface area contributed by atoms with E-state index in [0.29, 0.717) is 0 Å². The number of nitrogens with one attached hydrogen (secondary N) is 1. The number of carbonyl (C=O) groups excluding carboxylic acids is 1. The van der Waals surface area contributed by atoms with Crippen LogP contribution in [0.2, 0.25) is 0 Å². The Balaban J connectivity index is 1.82. The molecule has 0 heterocycles. The fourth-order valence-corrected chi connectivity index (χ4v) is 2.53. The maximum Gasteiger partial charge on any atom is 0.248 e. The Morgan fingerprint density at radius 1 is 1.14 bits per heavy atom. The summed E-state index contributed by atoms with van der Waals surface area (Å²) in [6.07, 6.45) is -0.416. The van der Waals surface area contributed by atoms with Crippen LogP contribution in [0.3, 0.4) is 0 Å². The highest BCUT2D eigenvalue weighted by molar-refractivity contribution is 5.78. The lowest BCUT2D eigenvalue weighted by Gasteiger charge is -2.27. The van der Waals surface area contributed by atoms with E-state index in [-0.39, 0.29) is 50.1 Å². The van der Waals surface area contributed by atoms with Crippen molar-refractivity contribution in [3.8, 4) is 0 Å². The van der Waals surface area contributed by atoms with Crippen LogP contribution in [0.15, 0.2) is 12.1 Å². The SMILES string of the molecule is O=C(NCCc1ccc(F)c(F)c1F)C1CCC(F)(F)CC1. The van der Waals surface area contributed by atoms with Crippen molar-refractivity contribution >= 4 is 5.91 Å². The molecule has 0 radical (unpaired) electrons. The Hall–Kier alpha value is -1.66. The zero-order valence-electron chi connectivity index (χ0n) is 11.8. The molecule has 1 saturated carbocycles. The third-order valence-electron chi connectivity index (χ3n) is 3.90. The van der Waals surface area contributed by atoms with Gasteiger partial charge in [-0.1, -0.05) is 6.07 Å². The van der Waals surface area contributed by atoms with Gasteiger partial charge in [0.05, 0.1) is 0 Å². The molecule has 1 amide bonds. The zero-order chi connectivity index (χ0) is 16.3. The first-order valence-corrected chi connectivity index (χ1v) is 7.08. The van der Waals surface area contributed by atoms with Gasteiger partial charge in [0.1, 0.15) is 0 Å². The largest absolute Gasteiger partial charge is 0.356 e. The van der Waals surface area contributed by atoms with Gasteiger partial charge >= 0.3 is 0 Å². The Labute approximate surface area is 124 Å². The van der Waals surface area contributed by atoms with Gasteiger partial charge in [-0.3, -0.25) is 4.79 Å². The van der Waals surface area contributed by atoms with Crippen LogP contribution in [0.25, 0.3) is 0 Å². The third-order valence-corrected chi connectivity index (χ3v) is 3.90. The van der Waals surface area contributed by atoms with Crippen LogP contribution < -0.4 is 5.32 Å². The lowest BCUT2D eigenvalue weighted by atomic mass is 9.86. The number of hydrogen-bond donors (Lipinski definition) is 1. The van der Waals surface area contributed by atoms with E-state index in [2.05, 4.69) is 5.32 Å². The first kappa shape index (κ1) is 16.7. The van der Waals surface area contributed by atoms with E-state index in [1.165, 1.54) is 0 Å². The molecule has 0 atom stereocenters. The monoisotopic (exact) mass is 321 g/mol. The number of alkyl halides is 2. The minimum Gasteiger partial charge on any atom is -0.356 e. The minimum absolute atomic E-state index is 0.00233. The molecule has 0 unspecified atom stereocenters. The average molecular weight is 321 g/mol. The number of halogens is 5. The summed E-state index contributed by atoms with van der Waals surface area (Å²) in [6.45, 7) is 0.0354.